The average Bonchev–Trinajstić information content (AvgIpc) is 2.21. The summed E-state index contributed by atoms with van der Waals surface area (Å²) in [6, 6.07) is 0.216. The molecule has 5 heteroatoms. The molecule has 0 bridgehead atoms. The minimum atomic E-state index is -1.11. The zero-order chi connectivity index (χ0) is 11.5. The lowest BCUT2D eigenvalue weighted by molar-refractivity contribution is -0.138. The molecule has 0 heterocycles. The van der Waals surface area contributed by atoms with Crippen molar-refractivity contribution < 1.29 is 9.90 Å². The van der Waals surface area contributed by atoms with E-state index >= 15 is 0 Å². The van der Waals surface area contributed by atoms with Gasteiger partial charge in [0.2, 0.25) is 0 Å². The van der Waals surface area contributed by atoms with Crippen molar-refractivity contribution in [3.8, 4) is 0 Å². The maximum atomic E-state index is 11.2. The zero-order valence-corrected chi connectivity index (χ0v) is 9.29. The molecule has 0 amide bonds. The third kappa shape index (κ3) is 2.92. The zero-order valence-electron chi connectivity index (χ0n) is 9.29. The van der Waals surface area contributed by atoms with Crippen LogP contribution in [0.5, 0.6) is 0 Å². The first-order chi connectivity index (χ1) is 6.98. The van der Waals surface area contributed by atoms with Crippen LogP contribution >= 0.6 is 0 Å². The highest BCUT2D eigenvalue weighted by molar-refractivity contribution is 5.84. The Labute approximate surface area is 89.8 Å². The van der Waals surface area contributed by atoms with E-state index in [2.05, 4.69) is 10.3 Å². The summed E-state index contributed by atoms with van der Waals surface area (Å²) in [5.74, 6) is 0.270. The number of nitrogens with two attached hydrogens (primary N) is 1. The molecule has 1 aliphatic carbocycles. The number of aliphatic imine (C=N–C) groups is 1. The molecule has 15 heavy (non-hydrogen) atoms. The van der Waals surface area contributed by atoms with E-state index in [1.807, 2.05) is 0 Å². The van der Waals surface area contributed by atoms with E-state index in [4.69, 9.17) is 5.73 Å². The molecule has 0 aromatic heterocycles. The van der Waals surface area contributed by atoms with Crippen LogP contribution in [-0.4, -0.2) is 35.5 Å². The van der Waals surface area contributed by atoms with Crippen LogP contribution in [0.1, 0.15) is 32.6 Å². The van der Waals surface area contributed by atoms with Crippen LogP contribution in [0, 0.1) is 0 Å². The van der Waals surface area contributed by atoms with Gasteiger partial charge in [0.1, 0.15) is 5.60 Å². The van der Waals surface area contributed by atoms with Crippen LogP contribution < -0.4 is 11.1 Å². The van der Waals surface area contributed by atoms with E-state index < -0.39 is 5.60 Å². The summed E-state index contributed by atoms with van der Waals surface area (Å²) in [7, 11) is 1.62. The molecule has 0 radical (unpaired) electrons. The maximum Gasteiger partial charge on any atom is 0.188 e. The van der Waals surface area contributed by atoms with Crippen molar-refractivity contribution in [3.05, 3.63) is 0 Å². The average molecular weight is 213 g/mol. The minimum Gasteiger partial charge on any atom is -0.382 e. The van der Waals surface area contributed by atoms with Gasteiger partial charge in [0.15, 0.2) is 11.7 Å². The van der Waals surface area contributed by atoms with Gasteiger partial charge in [0.25, 0.3) is 0 Å². The fourth-order valence-corrected chi connectivity index (χ4v) is 1.87. The Kier molecular flexibility index (Phi) is 3.68. The molecule has 1 fully saturated rings. The number of carbonyl (C=O) groups is 1. The quantitative estimate of drug-likeness (QED) is 0.437. The molecule has 0 aromatic rings. The monoisotopic (exact) mass is 213 g/mol. The molecule has 0 atom stereocenters. The minimum absolute atomic E-state index is 0.141. The predicted molar refractivity (Wildman–Crippen MR) is 58.6 cm³/mol. The number of carbonyl (C=O) groups excluding carboxylic acids is 1. The highest BCUT2D eigenvalue weighted by atomic mass is 16.3. The Morgan fingerprint density at radius 2 is 2.07 bits per heavy atom. The molecular weight excluding hydrogens is 194 g/mol. The topological polar surface area (TPSA) is 87.7 Å². The summed E-state index contributed by atoms with van der Waals surface area (Å²) >= 11 is 0. The Morgan fingerprint density at radius 3 is 2.47 bits per heavy atom. The number of nitrogens with one attached hydrogen (secondary N) is 1. The Morgan fingerprint density at radius 1 is 1.53 bits per heavy atom. The number of hydrogen-bond acceptors (Lipinski definition) is 3. The van der Waals surface area contributed by atoms with E-state index in [1.54, 1.807) is 7.05 Å². The molecule has 0 unspecified atom stereocenters. The van der Waals surface area contributed by atoms with Gasteiger partial charge in [-0.3, -0.25) is 9.79 Å². The fourth-order valence-electron chi connectivity index (χ4n) is 1.87. The van der Waals surface area contributed by atoms with E-state index in [0.29, 0.717) is 18.8 Å². The molecule has 0 aliphatic heterocycles. The van der Waals surface area contributed by atoms with Gasteiger partial charge in [-0.15, -0.1) is 0 Å². The summed E-state index contributed by atoms with van der Waals surface area (Å²) in [6.07, 6.45) is 2.48. The summed E-state index contributed by atoms with van der Waals surface area (Å²) in [4.78, 5) is 15.0. The van der Waals surface area contributed by atoms with E-state index in [-0.39, 0.29) is 11.8 Å². The van der Waals surface area contributed by atoms with Crippen LogP contribution in [0.25, 0.3) is 0 Å². The summed E-state index contributed by atoms with van der Waals surface area (Å²) in [5, 5.41) is 13.0. The first-order valence-electron chi connectivity index (χ1n) is 5.20. The molecule has 86 valence electrons. The van der Waals surface area contributed by atoms with E-state index in [0.717, 1.165) is 12.8 Å². The van der Waals surface area contributed by atoms with Crippen molar-refractivity contribution >= 4 is 11.7 Å². The number of Topliss-reactive ketones (excluding diaryl/α,β-unsaturated/α-hetero) is 1. The first kappa shape index (κ1) is 12.0. The first-order valence-corrected chi connectivity index (χ1v) is 5.20. The number of nitrogens with zero attached hydrogens (tertiary/aromatic N) is 1. The Hall–Kier alpha value is -1.10. The van der Waals surface area contributed by atoms with Crippen molar-refractivity contribution in [1.82, 2.24) is 5.32 Å². The number of ketones is 1. The van der Waals surface area contributed by atoms with Crippen molar-refractivity contribution in [1.29, 1.82) is 0 Å². The van der Waals surface area contributed by atoms with Gasteiger partial charge < -0.3 is 16.2 Å². The third-order valence-corrected chi connectivity index (χ3v) is 3.06. The number of hydrogen-bond donors (Lipinski definition) is 3. The normalized spacial score (nSPS) is 32.5. The Balaban J connectivity index is 2.46. The molecule has 1 rings (SSSR count). The molecule has 0 spiro atoms. The molecule has 0 saturated heterocycles. The highest BCUT2D eigenvalue weighted by Crippen LogP contribution is 2.28. The van der Waals surface area contributed by atoms with E-state index in [1.165, 1.54) is 6.92 Å². The lowest BCUT2D eigenvalue weighted by Gasteiger charge is -2.34. The number of aliphatic hydroxyl groups is 1. The smallest absolute Gasteiger partial charge is 0.188 e. The second-order valence-electron chi connectivity index (χ2n) is 4.12. The number of rotatable bonds is 2. The van der Waals surface area contributed by atoms with Crippen molar-refractivity contribution in [3.63, 3.8) is 0 Å². The SMILES string of the molecule is CN=C(N)NC1CCC(O)(C(C)=O)CC1. The summed E-state index contributed by atoms with van der Waals surface area (Å²) < 4.78 is 0. The van der Waals surface area contributed by atoms with Crippen molar-refractivity contribution in [2.45, 2.75) is 44.2 Å². The number of guanidine groups is 1. The van der Waals surface area contributed by atoms with Gasteiger partial charge in [-0.05, 0) is 32.6 Å². The van der Waals surface area contributed by atoms with Crippen LogP contribution in [0.3, 0.4) is 0 Å². The van der Waals surface area contributed by atoms with Gasteiger partial charge >= 0.3 is 0 Å². The van der Waals surface area contributed by atoms with Crippen LogP contribution in [-0.2, 0) is 4.79 Å². The Bertz CT molecular complexity index is 268. The third-order valence-electron chi connectivity index (χ3n) is 3.06. The van der Waals surface area contributed by atoms with Gasteiger partial charge in [-0.2, -0.15) is 0 Å². The lowest BCUT2D eigenvalue weighted by Crippen LogP contribution is -2.48. The van der Waals surface area contributed by atoms with Gasteiger partial charge in [0.05, 0.1) is 0 Å². The summed E-state index contributed by atoms with van der Waals surface area (Å²) in [5.41, 5.74) is 4.43. The second kappa shape index (κ2) is 4.61. The predicted octanol–water partition coefficient (Wildman–Crippen LogP) is -0.217. The lowest BCUT2D eigenvalue weighted by atomic mass is 9.80. The second-order valence-corrected chi connectivity index (χ2v) is 4.12. The van der Waals surface area contributed by atoms with E-state index in [9.17, 15) is 9.90 Å². The fraction of sp³-hybridized carbons (Fsp3) is 0.800. The van der Waals surface area contributed by atoms with Gasteiger partial charge in [0, 0.05) is 13.1 Å². The van der Waals surface area contributed by atoms with Gasteiger partial charge in [-0.25, -0.2) is 0 Å². The van der Waals surface area contributed by atoms with Gasteiger partial charge in [-0.1, -0.05) is 0 Å². The molecular formula is C10H19N3O2. The molecule has 0 aromatic carbocycles. The molecule has 5 nitrogen and oxygen atoms in total. The standard InChI is InChI=1S/C10H19N3O2/c1-7(14)10(15)5-3-8(4-6-10)13-9(11)12-2/h8,15H,3-6H2,1-2H3,(H3,11,12,13). The van der Waals surface area contributed by atoms with Crippen molar-refractivity contribution in [2.75, 3.05) is 7.05 Å². The van der Waals surface area contributed by atoms with Crippen LogP contribution in [0.15, 0.2) is 4.99 Å². The van der Waals surface area contributed by atoms with Crippen LogP contribution in [0.2, 0.25) is 0 Å². The highest BCUT2D eigenvalue weighted by Gasteiger charge is 2.37. The largest absolute Gasteiger partial charge is 0.382 e. The molecule has 4 N–H and O–H groups in total. The summed E-state index contributed by atoms with van der Waals surface area (Å²) in [6.45, 7) is 1.44. The molecule has 1 saturated carbocycles. The molecule has 1 aliphatic rings. The maximum absolute atomic E-state index is 11.2. The van der Waals surface area contributed by atoms with Crippen molar-refractivity contribution in [2.24, 2.45) is 10.7 Å². The van der Waals surface area contributed by atoms with Crippen LogP contribution in [0.4, 0.5) is 0 Å².